The van der Waals surface area contributed by atoms with Gasteiger partial charge in [-0.2, -0.15) is 0 Å². The first-order chi connectivity index (χ1) is 13.4. The molecule has 0 bridgehead atoms. The maximum atomic E-state index is 12.4. The number of rotatable bonds is 3. The summed E-state index contributed by atoms with van der Waals surface area (Å²) in [6.07, 6.45) is 7.19. The molecular weight excluding hydrogens is 374 g/mol. The first kappa shape index (κ1) is 18.7. The van der Waals surface area contributed by atoms with Crippen molar-refractivity contribution in [2.24, 2.45) is 17.6 Å². The van der Waals surface area contributed by atoms with E-state index in [2.05, 4.69) is 32.2 Å². The van der Waals surface area contributed by atoms with Crippen molar-refractivity contribution in [2.45, 2.75) is 25.8 Å². The Balaban J connectivity index is 1.38. The molecule has 3 heterocycles. The van der Waals surface area contributed by atoms with Crippen molar-refractivity contribution in [1.29, 1.82) is 0 Å². The van der Waals surface area contributed by atoms with Gasteiger partial charge < -0.3 is 20.5 Å². The molecular formula is C19H25N7OS. The molecule has 1 aliphatic heterocycles. The molecule has 148 valence electrons. The summed E-state index contributed by atoms with van der Waals surface area (Å²) in [5.74, 6) is 1.96. The number of carbonyl (C=O) groups excluding carboxylic acids is 1. The van der Waals surface area contributed by atoms with Crippen molar-refractivity contribution in [1.82, 2.24) is 25.2 Å². The molecule has 0 aromatic carbocycles. The number of nitrogens with two attached hydrogens (primary N) is 1. The lowest BCUT2D eigenvalue weighted by Gasteiger charge is -2.28. The van der Waals surface area contributed by atoms with Gasteiger partial charge >= 0.3 is 6.03 Å². The molecule has 4 N–H and O–H groups in total. The predicted octanol–water partition coefficient (Wildman–Crippen LogP) is 2.00. The summed E-state index contributed by atoms with van der Waals surface area (Å²) in [5.41, 5.74) is 7.05. The van der Waals surface area contributed by atoms with Crippen molar-refractivity contribution in [3.8, 4) is 0 Å². The summed E-state index contributed by atoms with van der Waals surface area (Å²) >= 11 is 5.15. The summed E-state index contributed by atoms with van der Waals surface area (Å²) in [5, 5.41) is 3.79. The molecule has 2 fully saturated rings. The van der Waals surface area contributed by atoms with Crippen LogP contribution >= 0.6 is 12.2 Å². The molecule has 2 aromatic rings. The lowest BCUT2D eigenvalue weighted by Crippen LogP contribution is -2.42. The van der Waals surface area contributed by atoms with E-state index in [9.17, 15) is 4.79 Å². The van der Waals surface area contributed by atoms with Crippen LogP contribution in [0.2, 0.25) is 0 Å². The van der Waals surface area contributed by atoms with Gasteiger partial charge in [0.05, 0.1) is 5.39 Å². The molecule has 28 heavy (non-hydrogen) atoms. The van der Waals surface area contributed by atoms with Gasteiger partial charge in [0.2, 0.25) is 0 Å². The molecule has 4 rings (SSSR count). The Kier molecular flexibility index (Phi) is 4.92. The van der Waals surface area contributed by atoms with Gasteiger partial charge in [0.1, 0.15) is 22.8 Å². The molecule has 8 nitrogen and oxygen atoms in total. The Morgan fingerprint density at radius 2 is 2.11 bits per heavy atom. The Morgan fingerprint density at radius 1 is 1.39 bits per heavy atom. The third-order valence-corrected chi connectivity index (χ3v) is 6.04. The zero-order chi connectivity index (χ0) is 19.8. The maximum absolute atomic E-state index is 12.4. The molecule has 2 aliphatic rings. The van der Waals surface area contributed by atoms with Crippen LogP contribution in [0.3, 0.4) is 0 Å². The fraction of sp³-hybridized carbons (Fsp3) is 0.474. The minimum atomic E-state index is -0.133. The molecule has 2 aromatic heterocycles. The SMILES string of the molecule is CC(N)=CC(=S)NC(=O)N1C[C@H]2CC(N(C)c3ncnc4[nH]ccc34)C[C@H]2C1. The largest absolute Gasteiger partial charge is 0.402 e. The average Bonchev–Trinajstić information content (AvgIpc) is 3.33. The number of aromatic amines is 1. The molecule has 1 unspecified atom stereocenters. The second-order valence-corrected chi connectivity index (χ2v) is 8.22. The van der Waals surface area contributed by atoms with Crippen LogP contribution in [0, 0.1) is 11.8 Å². The average molecular weight is 400 g/mol. The van der Waals surface area contributed by atoms with E-state index in [0.29, 0.717) is 28.6 Å². The smallest absolute Gasteiger partial charge is 0.322 e. The van der Waals surface area contributed by atoms with Gasteiger partial charge in [-0.25, -0.2) is 14.8 Å². The number of aromatic nitrogens is 3. The summed E-state index contributed by atoms with van der Waals surface area (Å²) in [6, 6.07) is 2.30. The number of hydrogen-bond acceptors (Lipinski definition) is 6. The lowest BCUT2D eigenvalue weighted by molar-refractivity contribution is 0.210. The highest BCUT2D eigenvalue weighted by Gasteiger charge is 2.44. The maximum Gasteiger partial charge on any atom is 0.322 e. The molecule has 1 saturated heterocycles. The summed E-state index contributed by atoms with van der Waals surface area (Å²) in [6.45, 7) is 3.27. The van der Waals surface area contributed by atoms with E-state index in [1.807, 2.05) is 17.2 Å². The topological polar surface area (TPSA) is 103 Å². The number of urea groups is 1. The summed E-state index contributed by atoms with van der Waals surface area (Å²) < 4.78 is 0. The number of nitrogens with one attached hydrogen (secondary N) is 2. The first-order valence-electron chi connectivity index (χ1n) is 9.47. The van der Waals surface area contributed by atoms with Gasteiger partial charge in [-0.15, -0.1) is 0 Å². The van der Waals surface area contributed by atoms with E-state index in [-0.39, 0.29) is 6.03 Å². The Bertz CT molecular complexity index is 921. The minimum absolute atomic E-state index is 0.133. The van der Waals surface area contributed by atoms with E-state index in [0.717, 1.165) is 42.8 Å². The number of H-pyrrole nitrogens is 1. The zero-order valence-electron chi connectivity index (χ0n) is 16.1. The van der Waals surface area contributed by atoms with Gasteiger partial charge in [0.25, 0.3) is 0 Å². The third kappa shape index (κ3) is 3.54. The molecule has 3 atom stereocenters. The lowest BCUT2D eigenvalue weighted by atomic mass is 10.0. The van der Waals surface area contributed by atoms with Crippen LogP contribution < -0.4 is 16.0 Å². The highest BCUT2D eigenvalue weighted by atomic mass is 32.1. The molecule has 0 spiro atoms. The van der Waals surface area contributed by atoms with E-state index in [1.54, 1.807) is 19.3 Å². The summed E-state index contributed by atoms with van der Waals surface area (Å²) in [4.78, 5) is 28.9. The van der Waals surface area contributed by atoms with E-state index in [4.69, 9.17) is 18.0 Å². The summed E-state index contributed by atoms with van der Waals surface area (Å²) in [7, 11) is 2.10. The Hall–Kier alpha value is -2.68. The quantitative estimate of drug-likeness (QED) is 0.539. The molecule has 1 saturated carbocycles. The monoisotopic (exact) mass is 399 g/mol. The zero-order valence-corrected chi connectivity index (χ0v) is 16.9. The Labute approximate surface area is 169 Å². The van der Waals surface area contributed by atoms with Crippen LogP contribution in [0.5, 0.6) is 0 Å². The normalized spacial score (nSPS) is 24.4. The Morgan fingerprint density at radius 3 is 2.79 bits per heavy atom. The fourth-order valence-electron chi connectivity index (χ4n) is 4.49. The number of thiocarbonyl (C=S) groups is 1. The van der Waals surface area contributed by atoms with Gasteiger partial charge in [0.15, 0.2) is 0 Å². The molecule has 1 aliphatic carbocycles. The van der Waals surface area contributed by atoms with Gasteiger partial charge in [0, 0.05) is 38.1 Å². The standard InChI is InChI=1S/C19H25N7OS/c1-11(20)5-16(28)24-19(27)26-8-12-6-14(7-13(12)9-26)25(2)18-15-3-4-21-17(15)22-10-23-18/h3-5,10,12-14H,6-9,20H2,1-2H3,(H,21,22,23)(H,24,27,28)/t12-,13+,14?. The van der Waals surface area contributed by atoms with Crippen molar-refractivity contribution in [2.75, 3.05) is 25.0 Å². The van der Waals surface area contributed by atoms with Crippen molar-refractivity contribution in [3.63, 3.8) is 0 Å². The van der Waals surface area contributed by atoms with Gasteiger partial charge in [-0.1, -0.05) is 12.2 Å². The number of amides is 2. The van der Waals surface area contributed by atoms with Crippen LogP contribution in [0.1, 0.15) is 19.8 Å². The number of anilines is 1. The van der Waals surface area contributed by atoms with E-state index >= 15 is 0 Å². The van der Waals surface area contributed by atoms with Crippen LogP contribution in [-0.4, -0.2) is 57.1 Å². The second kappa shape index (κ2) is 7.38. The van der Waals surface area contributed by atoms with Crippen LogP contribution in [0.4, 0.5) is 10.6 Å². The van der Waals surface area contributed by atoms with E-state index < -0.39 is 0 Å². The van der Waals surface area contributed by atoms with Gasteiger partial charge in [-0.05, 0) is 43.7 Å². The minimum Gasteiger partial charge on any atom is -0.402 e. The predicted molar refractivity (Wildman–Crippen MR) is 113 cm³/mol. The highest BCUT2D eigenvalue weighted by molar-refractivity contribution is 7.80. The number of fused-ring (bicyclic) bond motifs is 2. The number of carbonyl (C=O) groups is 1. The van der Waals surface area contributed by atoms with Crippen LogP contribution in [-0.2, 0) is 0 Å². The number of likely N-dealkylation sites (tertiary alicyclic amines) is 1. The molecule has 2 amide bonds. The van der Waals surface area contributed by atoms with E-state index in [1.165, 1.54) is 0 Å². The highest BCUT2D eigenvalue weighted by Crippen LogP contribution is 2.41. The molecule has 0 radical (unpaired) electrons. The third-order valence-electron chi connectivity index (χ3n) is 5.82. The van der Waals surface area contributed by atoms with Crippen molar-refractivity contribution < 1.29 is 4.79 Å². The van der Waals surface area contributed by atoms with Crippen molar-refractivity contribution >= 4 is 40.1 Å². The van der Waals surface area contributed by atoms with Gasteiger partial charge in [-0.3, -0.25) is 5.32 Å². The van der Waals surface area contributed by atoms with Crippen LogP contribution in [0.15, 0.2) is 30.4 Å². The molecule has 9 heteroatoms. The first-order valence-corrected chi connectivity index (χ1v) is 9.87. The second-order valence-electron chi connectivity index (χ2n) is 7.78. The number of allylic oxidation sites excluding steroid dienone is 1. The van der Waals surface area contributed by atoms with Crippen LogP contribution in [0.25, 0.3) is 11.0 Å². The number of nitrogens with zero attached hydrogens (tertiary/aromatic N) is 4. The fourth-order valence-corrected chi connectivity index (χ4v) is 4.76. The van der Waals surface area contributed by atoms with Crippen molar-refractivity contribution in [3.05, 3.63) is 30.4 Å². The number of hydrogen-bond donors (Lipinski definition) is 3.